The van der Waals surface area contributed by atoms with Gasteiger partial charge in [0.1, 0.15) is 6.10 Å². The van der Waals surface area contributed by atoms with E-state index < -0.39 is 6.10 Å². The Hall–Kier alpha value is -2.65. The van der Waals surface area contributed by atoms with Gasteiger partial charge in [-0.05, 0) is 23.3 Å². The smallest absolute Gasteiger partial charge is 0.212 e. The summed E-state index contributed by atoms with van der Waals surface area (Å²) in [6.45, 7) is 0.608. The van der Waals surface area contributed by atoms with Gasteiger partial charge < -0.3 is 9.67 Å². The molecule has 22 heavy (non-hydrogen) atoms. The molecule has 0 aliphatic carbocycles. The Bertz CT molecular complexity index is 747. The van der Waals surface area contributed by atoms with Crippen LogP contribution in [0, 0.1) is 0 Å². The molecule has 3 aromatic rings. The van der Waals surface area contributed by atoms with Gasteiger partial charge in [0, 0.05) is 12.7 Å². The molecule has 3 rings (SSSR count). The molecule has 1 N–H and O–H groups in total. The Morgan fingerprint density at radius 2 is 1.55 bits per heavy atom. The van der Waals surface area contributed by atoms with Crippen molar-refractivity contribution in [1.82, 2.24) is 4.57 Å². The number of carbonyl (C=O) groups is 1. The maximum absolute atomic E-state index is 12.5. The van der Waals surface area contributed by atoms with Crippen LogP contribution < -0.4 is 0 Å². The first-order valence-corrected chi connectivity index (χ1v) is 7.22. The molecular weight excluding hydrogens is 274 g/mol. The van der Waals surface area contributed by atoms with Crippen molar-refractivity contribution in [1.29, 1.82) is 0 Å². The molecule has 0 spiro atoms. The highest BCUT2D eigenvalue weighted by Crippen LogP contribution is 2.19. The fourth-order valence-corrected chi connectivity index (χ4v) is 2.48. The second-order valence-corrected chi connectivity index (χ2v) is 5.18. The molecule has 3 nitrogen and oxygen atoms in total. The largest absolute Gasteiger partial charge is 0.380 e. The summed E-state index contributed by atoms with van der Waals surface area (Å²) in [5.74, 6) is -0.285. The second kappa shape index (κ2) is 6.41. The van der Waals surface area contributed by atoms with E-state index in [4.69, 9.17) is 0 Å². The molecule has 0 amide bonds. The van der Waals surface area contributed by atoms with Gasteiger partial charge in [-0.25, -0.2) is 0 Å². The van der Waals surface area contributed by atoms with E-state index in [-0.39, 0.29) is 5.78 Å². The van der Waals surface area contributed by atoms with Crippen molar-refractivity contribution in [2.75, 3.05) is 0 Å². The van der Waals surface area contributed by atoms with Crippen molar-refractivity contribution in [3.8, 4) is 0 Å². The first kappa shape index (κ1) is 14.3. The van der Waals surface area contributed by atoms with Crippen LogP contribution in [0.5, 0.6) is 0 Å². The summed E-state index contributed by atoms with van der Waals surface area (Å²) in [5.41, 5.74) is 2.24. The fraction of sp³-hybridized carbons (Fsp3) is 0.105. The Balaban J connectivity index is 1.84. The van der Waals surface area contributed by atoms with Crippen LogP contribution in [0.25, 0.3) is 0 Å². The number of Topliss-reactive ketones (excluding diaryl/α,β-unsaturated/α-hetero) is 1. The summed E-state index contributed by atoms with van der Waals surface area (Å²) in [5, 5.41) is 10.3. The van der Waals surface area contributed by atoms with Crippen molar-refractivity contribution < 1.29 is 9.90 Å². The summed E-state index contributed by atoms with van der Waals surface area (Å²) in [6.07, 6.45) is 0.725. The quantitative estimate of drug-likeness (QED) is 0.732. The highest BCUT2D eigenvalue weighted by atomic mass is 16.3. The lowest BCUT2D eigenvalue weighted by molar-refractivity contribution is 0.0738. The zero-order valence-electron chi connectivity index (χ0n) is 12.1. The van der Waals surface area contributed by atoms with Crippen molar-refractivity contribution in [3.63, 3.8) is 0 Å². The summed E-state index contributed by atoms with van der Waals surface area (Å²) in [4.78, 5) is 12.5. The van der Waals surface area contributed by atoms with Crippen molar-refractivity contribution in [2.24, 2.45) is 0 Å². The van der Waals surface area contributed by atoms with E-state index in [0.29, 0.717) is 17.8 Å². The van der Waals surface area contributed by atoms with Crippen LogP contribution in [0.4, 0.5) is 0 Å². The third kappa shape index (κ3) is 3.00. The number of benzene rings is 2. The van der Waals surface area contributed by atoms with Gasteiger partial charge in [-0.2, -0.15) is 0 Å². The van der Waals surface area contributed by atoms with Crippen molar-refractivity contribution >= 4 is 5.78 Å². The van der Waals surface area contributed by atoms with E-state index >= 15 is 0 Å². The van der Waals surface area contributed by atoms with Gasteiger partial charge in [-0.3, -0.25) is 4.79 Å². The number of nitrogens with zero attached hydrogens (tertiary/aromatic N) is 1. The minimum absolute atomic E-state index is 0.285. The summed E-state index contributed by atoms with van der Waals surface area (Å²) in [7, 11) is 0. The predicted molar refractivity (Wildman–Crippen MR) is 85.7 cm³/mol. The standard InChI is InChI=1S/C19H17NO2/c21-18(16-10-5-2-6-11-16)19(22)17-12-7-13-20(17)14-15-8-3-1-4-9-15/h1-13,18,21H,14H2/t18-/m0/s1. The molecule has 110 valence electrons. The highest BCUT2D eigenvalue weighted by Gasteiger charge is 2.21. The van der Waals surface area contributed by atoms with E-state index in [1.807, 2.05) is 65.4 Å². The Morgan fingerprint density at radius 1 is 0.909 bits per heavy atom. The molecule has 0 radical (unpaired) electrons. The lowest BCUT2D eigenvalue weighted by Gasteiger charge is -2.13. The van der Waals surface area contributed by atoms with E-state index in [0.717, 1.165) is 5.56 Å². The van der Waals surface area contributed by atoms with Crippen LogP contribution in [0.1, 0.15) is 27.7 Å². The number of carbonyl (C=O) groups excluding carboxylic acids is 1. The summed E-state index contributed by atoms with van der Waals surface area (Å²) in [6, 6.07) is 22.5. The molecule has 1 heterocycles. The lowest BCUT2D eigenvalue weighted by Crippen LogP contribution is -2.17. The average Bonchev–Trinajstić information content (AvgIpc) is 3.03. The Morgan fingerprint density at radius 3 is 2.23 bits per heavy atom. The number of aromatic nitrogens is 1. The number of aliphatic hydroxyl groups excluding tert-OH is 1. The first-order valence-electron chi connectivity index (χ1n) is 7.22. The minimum Gasteiger partial charge on any atom is -0.380 e. The van der Waals surface area contributed by atoms with E-state index in [1.165, 1.54) is 0 Å². The molecule has 0 fully saturated rings. The van der Waals surface area contributed by atoms with Crippen molar-refractivity contribution in [2.45, 2.75) is 12.6 Å². The van der Waals surface area contributed by atoms with Crippen LogP contribution in [0.15, 0.2) is 79.0 Å². The average molecular weight is 291 g/mol. The minimum atomic E-state index is -1.13. The van der Waals surface area contributed by atoms with Gasteiger partial charge in [0.05, 0.1) is 5.69 Å². The van der Waals surface area contributed by atoms with Crippen LogP contribution in [0.3, 0.4) is 0 Å². The number of rotatable bonds is 5. The third-order valence-corrected chi connectivity index (χ3v) is 3.64. The van der Waals surface area contributed by atoms with Crippen LogP contribution in [-0.4, -0.2) is 15.5 Å². The summed E-state index contributed by atoms with van der Waals surface area (Å²) >= 11 is 0. The second-order valence-electron chi connectivity index (χ2n) is 5.18. The van der Waals surface area contributed by atoms with Gasteiger partial charge in [-0.1, -0.05) is 60.7 Å². The Kier molecular flexibility index (Phi) is 4.17. The molecule has 1 aromatic heterocycles. The fourth-order valence-electron chi connectivity index (χ4n) is 2.48. The zero-order chi connectivity index (χ0) is 15.4. The van der Waals surface area contributed by atoms with Crippen LogP contribution >= 0.6 is 0 Å². The monoisotopic (exact) mass is 291 g/mol. The molecule has 0 unspecified atom stereocenters. The molecule has 1 atom stereocenters. The van der Waals surface area contributed by atoms with Crippen molar-refractivity contribution in [3.05, 3.63) is 95.8 Å². The molecule has 2 aromatic carbocycles. The normalized spacial score (nSPS) is 12.0. The SMILES string of the molecule is O=C(c1cccn1Cc1ccccc1)[C@@H](O)c1ccccc1. The Labute approximate surface area is 129 Å². The van der Waals surface area contributed by atoms with E-state index in [9.17, 15) is 9.90 Å². The third-order valence-electron chi connectivity index (χ3n) is 3.64. The molecule has 0 saturated heterocycles. The van der Waals surface area contributed by atoms with E-state index in [2.05, 4.69) is 0 Å². The zero-order valence-corrected chi connectivity index (χ0v) is 12.1. The lowest BCUT2D eigenvalue weighted by atomic mass is 10.0. The first-order chi connectivity index (χ1) is 10.8. The van der Waals surface area contributed by atoms with Gasteiger partial charge in [0.25, 0.3) is 0 Å². The topological polar surface area (TPSA) is 42.2 Å². The molecular formula is C19H17NO2. The number of aliphatic hydroxyl groups is 1. The number of hydrogen-bond donors (Lipinski definition) is 1. The molecule has 0 saturated carbocycles. The van der Waals surface area contributed by atoms with E-state index in [1.54, 1.807) is 18.2 Å². The maximum atomic E-state index is 12.5. The van der Waals surface area contributed by atoms with Gasteiger partial charge in [0.2, 0.25) is 5.78 Å². The molecule has 3 heteroatoms. The van der Waals surface area contributed by atoms with Gasteiger partial charge >= 0.3 is 0 Å². The molecule has 0 aliphatic rings. The molecule has 0 bridgehead atoms. The van der Waals surface area contributed by atoms with Crippen LogP contribution in [-0.2, 0) is 6.54 Å². The predicted octanol–water partition coefficient (Wildman–Crippen LogP) is 3.45. The number of ketones is 1. The van der Waals surface area contributed by atoms with Gasteiger partial charge in [-0.15, -0.1) is 0 Å². The van der Waals surface area contributed by atoms with Gasteiger partial charge in [0.15, 0.2) is 0 Å². The maximum Gasteiger partial charge on any atom is 0.212 e. The van der Waals surface area contributed by atoms with Crippen LogP contribution in [0.2, 0.25) is 0 Å². The molecule has 0 aliphatic heterocycles. The summed E-state index contributed by atoms with van der Waals surface area (Å²) < 4.78 is 1.86. The number of hydrogen-bond acceptors (Lipinski definition) is 2. The highest BCUT2D eigenvalue weighted by molar-refractivity contribution is 5.98.